The van der Waals surface area contributed by atoms with E-state index >= 15 is 0 Å². The van der Waals surface area contributed by atoms with E-state index in [1.807, 2.05) is 24.3 Å². The number of benzene rings is 1. The molecule has 88 valence electrons. The molecule has 3 nitrogen and oxygen atoms in total. The molecule has 0 aliphatic carbocycles. The van der Waals surface area contributed by atoms with Gasteiger partial charge in [-0.25, -0.2) is 4.98 Å². The van der Waals surface area contributed by atoms with E-state index < -0.39 is 0 Å². The minimum atomic E-state index is 0. The second-order valence-corrected chi connectivity index (χ2v) is 4.44. The third-order valence-electron chi connectivity index (χ3n) is 2.50. The van der Waals surface area contributed by atoms with Crippen LogP contribution in [0.15, 0.2) is 35.0 Å². The molecule has 3 rings (SSSR count). The van der Waals surface area contributed by atoms with Crippen molar-refractivity contribution >= 4 is 46.4 Å². The molecule has 2 aromatic heterocycles. The summed E-state index contributed by atoms with van der Waals surface area (Å²) in [4.78, 5) is 7.71. The zero-order valence-corrected chi connectivity index (χ0v) is 10.9. The maximum absolute atomic E-state index is 4.47. The molecule has 0 fully saturated rings. The van der Waals surface area contributed by atoms with E-state index in [1.54, 1.807) is 11.3 Å². The van der Waals surface area contributed by atoms with Gasteiger partial charge in [-0.2, -0.15) is 0 Å². The predicted molar refractivity (Wildman–Crippen MR) is 75.7 cm³/mol. The van der Waals surface area contributed by atoms with Gasteiger partial charge in [0.2, 0.25) is 5.95 Å². The van der Waals surface area contributed by atoms with Crippen LogP contribution in [0.4, 0.5) is 11.6 Å². The average Bonchev–Trinajstić information content (AvgIpc) is 2.85. The monoisotopic (exact) mass is 265 g/mol. The molecule has 17 heavy (non-hydrogen) atoms. The molecule has 5 heteroatoms. The number of H-pyrrole nitrogens is 1. The Labute approximate surface area is 109 Å². The van der Waals surface area contributed by atoms with Gasteiger partial charge in [0, 0.05) is 5.38 Å². The van der Waals surface area contributed by atoms with Crippen molar-refractivity contribution < 1.29 is 0 Å². The van der Waals surface area contributed by atoms with E-state index in [4.69, 9.17) is 0 Å². The Morgan fingerprint density at radius 2 is 2.06 bits per heavy atom. The van der Waals surface area contributed by atoms with Crippen molar-refractivity contribution in [3.63, 3.8) is 0 Å². The number of aryl methyl sites for hydroxylation is 1. The fourth-order valence-electron chi connectivity index (χ4n) is 1.63. The topological polar surface area (TPSA) is 40.7 Å². The number of hydrogen-bond donors (Lipinski definition) is 2. The molecule has 0 spiro atoms. The van der Waals surface area contributed by atoms with Crippen molar-refractivity contribution in [2.24, 2.45) is 0 Å². The highest BCUT2D eigenvalue weighted by atomic mass is 35.5. The van der Waals surface area contributed by atoms with Gasteiger partial charge in [-0.1, -0.05) is 12.1 Å². The molecule has 0 saturated heterocycles. The molecule has 0 radical (unpaired) electrons. The Kier molecular flexibility index (Phi) is 3.36. The number of rotatable bonds is 2. The lowest BCUT2D eigenvalue weighted by atomic mass is 10.3. The Balaban J connectivity index is 0.00000108. The highest BCUT2D eigenvalue weighted by Crippen LogP contribution is 2.23. The van der Waals surface area contributed by atoms with Crippen LogP contribution >= 0.6 is 23.7 Å². The Hall–Kier alpha value is -1.52. The molecular weight excluding hydrogens is 254 g/mol. The molecule has 2 N–H and O–H groups in total. The first-order chi connectivity index (χ1) is 7.83. The van der Waals surface area contributed by atoms with Crippen molar-refractivity contribution in [2.75, 3.05) is 5.32 Å². The van der Waals surface area contributed by atoms with Gasteiger partial charge in [-0.3, -0.25) is 0 Å². The second-order valence-electron chi connectivity index (χ2n) is 3.70. The highest BCUT2D eigenvalue weighted by molar-refractivity contribution is 7.08. The molecule has 0 bridgehead atoms. The number of nitrogens with zero attached hydrogens (tertiary/aromatic N) is 1. The highest BCUT2D eigenvalue weighted by Gasteiger charge is 2.04. The summed E-state index contributed by atoms with van der Waals surface area (Å²) >= 11 is 1.69. The molecule has 0 aliphatic heterocycles. The van der Waals surface area contributed by atoms with Crippen LogP contribution in [0.1, 0.15) is 5.56 Å². The molecule has 0 saturated carbocycles. The van der Waals surface area contributed by atoms with Crippen molar-refractivity contribution in [1.82, 2.24) is 9.97 Å². The number of halogens is 1. The number of thiophene rings is 1. The number of nitrogens with one attached hydrogen (secondary N) is 2. The third-order valence-corrected chi connectivity index (χ3v) is 3.36. The van der Waals surface area contributed by atoms with Crippen LogP contribution in [0.25, 0.3) is 11.0 Å². The standard InChI is InChI=1S/C12H11N3S.ClH/c1-8-6-16-7-11(8)15-12-13-9-4-2-3-5-10(9)14-12;/h2-7H,1H3,(H2,13,14,15);1H. The minimum absolute atomic E-state index is 0. The first kappa shape index (κ1) is 12.0. The molecule has 3 aromatic rings. The number of imidazole rings is 1. The number of aromatic amines is 1. The predicted octanol–water partition coefficient (Wildman–Crippen LogP) is 4.10. The van der Waals surface area contributed by atoms with E-state index in [2.05, 4.69) is 33.0 Å². The van der Waals surface area contributed by atoms with Crippen LogP contribution < -0.4 is 5.32 Å². The summed E-state index contributed by atoms with van der Waals surface area (Å²) < 4.78 is 0. The van der Waals surface area contributed by atoms with Gasteiger partial charge < -0.3 is 10.3 Å². The zero-order chi connectivity index (χ0) is 11.0. The lowest BCUT2D eigenvalue weighted by Crippen LogP contribution is -1.91. The quantitative estimate of drug-likeness (QED) is 0.732. The fourth-order valence-corrected chi connectivity index (χ4v) is 2.41. The number of aromatic nitrogens is 2. The molecule has 1 aromatic carbocycles. The summed E-state index contributed by atoms with van der Waals surface area (Å²) in [5, 5.41) is 7.49. The molecular formula is C12H12ClN3S. The normalized spacial score (nSPS) is 10.2. The number of fused-ring (bicyclic) bond motifs is 1. The van der Waals surface area contributed by atoms with E-state index in [0.29, 0.717) is 0 Å². The summed E-state index contributed by atoms with van der Waals surface area (Å²) in [6.45, 7) is 2.08. The van der Waals surface area contributed by atoms with Gasteiger partial charge in [0.25, 0.3) is 0 Å². The average molecular weight is 266 g/mol. The molecule has 0 aliphatic rings. The number of anilines is 2. The summed E-state index contributed by atoms with van der Waals surface area (Å²) in [5.74, 6) is 0.794. The largest absolute Gasteiger partial charge is 0.325 e. The van der Waals surface area contributed by atoms with Crippen molar-refractivity contribution in [3.8, 4) is 0 Å². The Morgan fingerprint density at radius 1 is 1.24 bits per heavy atom. The van der Waals surface area contributed by atoms with Gasteiger partial charge in [0.15, 0.2) is 0 Å². The van der Waals surface area contributed by atoms with Gasteiger partial charge in [-0.15, -0.1) is 23.7 Å². The van der Waals surface area contributed by atoms with Gasteiger partial charge in [0.1, 0.15) is 0 Å². The van der Waals surface area contributed by atoms with Crippen LogP contribution in [-0.2, 0) is 0 Å². The third kappa shape index (κ3) is 2.28. The van der Waals surface area contributed by atoms with Crippen LogP contribution in [0, 0.1) is 6.92 Å². The maximum atomic E-state index is 4.47. The fraction of sp³-hybridized carbons (Fsp3) is 0.0833. The van der Waals surface area contributed by atoms with E-state index in [9.17, 15) is 0 Å². The maximum Gasteiger partial charge on any atom is 0.205 e. The number of para-hydroxylation sites is 2. The molecule has 0 amide bonds. The van der Waals surface area contributed by atoms with Crippen LogP contribution in [0.2, 0.25) is 0 Å². The first-order valence-electron chi connectivity index (χ1n) is 5.07. The Morgan fingerprint density at radius 3 is 2.76 bits per heavy atom. The summed E-state index contributed by atoms with van der Waals surface area (Å²) in [7, 11) is 0. The minimum Gasteiger partial charge on any atom is -0.325 e. The van der Waals surface area contributed by atoms with Crippen molar-refractivity contribution in [1.29, 1.82) is 0 Å². The summed E-state index contributed by atoms with van der Waals surface area (Å²) in [5.41, 5.74) is 4.39. The van der Waals surface area contributed by atoms with E-state index in [-0.39, 0.29) is 12.4 Å². The summed E-state index contributed by atoms with van der Waals surface area (Å²) in [6.07, 6.45) is 0. The van der Waals surface area contributed by atoms with E-state index in [0.717, 1.165) is 22.7 Å². The molecule has 2 heterocycles. The number of hydrogen-bond acceptors (Lipinski definition) is 3. The first-order valence-corrected chi connectivity index (χ1v) is 6.02. The van der Waals surface area contributed by atoms with Gasteiger partial charge in [-0.05, 0) is 30.0 Å². The van der Waals surface area contributed by atoms with Crippen molar-refractivity contribution in [3.05, 3.63) is 40.6 Å². The van der Waals surface area contributed by atoms with Crippen molar-refractivity contribution in [2.45, 2.75) is 6.92 Å². The van der Waals surface area contributed by atoms with Crippen LogP contribution in [0.3, 0.4) is 0 Å². The van der Waals surface area contributed by atoms with Gasteiger partial charge >= 0.3 is 0 Å². The Bertz CT molecular complexity index is 596. The van der Waals surface area contributed by atoms with E-state index in [1.165, 1.54) is 5.56 Å². The zero-order valence-electron chi connectivity index (χ0n) is 9.23. The molecule has 0 atom stereocenters. The lowest BCUT2D eigenvalue weighted by molar-refractivity contribution is 1.30. The second kappa shape index (κ2) is 4.77. The summed E-state index contributed by atoms with van der Waals surface area (Å²) in [6, 6.07) is 8.01. The van der Waals surface area contributed by atoms with Crippen LogP contribution in [-0.4, -0.2) is 9.97 Å². The lowest BCUT2D eigenvalue weighted by Gasteiger charge is -1.99. The van der Waals surface area contributed by atoms with Gasteiger partial charge in [0.05, 0.1) is 16.7 Å². The smallest absolute Gasteiger partial charge is 0.205 e. The van der Waals surface area contributed by atoms with Crippen LogP contribution in [0.5, 0.6) is 0 Å². The molecule has 0 unspecified atom stereocenters. The SMILES string of the molecule is Cc1cscc1Nc1nc2ccccc2[nH]1.Cl.